The van der Waals surface area contributed by atoms with Crippen molar-refractivity contribution in [1.29, 1.82) is 0 Å². The van der Waals surface area contributed by atoms with Crippen LogP contribution in [0.15, 0.2) is 0 Å². The second-order valence-corrected chi connectivity index (χ2v) is 3.31. The molecular formula is C9H18F2N2O2. The van der Waals surface area contributed by atoms with E-state index in [0.717, 1.165) is 0 Å². The summed E-state index contributed by atoms with van der Waals surface area (Å²) in [5.41, 5.74) is 5.38. The highest BCUT2D eigenvalue weighted by molar-refractivity contribution is 5.76. The van der Waals surface area contributed by atoms with Gasteiger partial charge >= 0.3 is 0 Å². The molecule has 4 nitrogen and oxygen atoms in total. The van der Waals surface area contributed by atoms with Crippen molar-refractivity contribution >= 4 is 5.91 Å². The largest absolute Gasteiger partial charge is 0.375 e. The third-order valence-electron chi connectivity index (χ3n) is 2.10. The number of alkyl halides is 2. The Morgan fingerprint density at radius 1 is 1.53 bits per heavy atom. The van der Waals surface area contributed by atoms with Crippen LogP contribution in [0.5, 0.6) is 0 Å². The van der Waals surface area contributed by atoms with E-state index in [2.05, 4.69) is 4.74 Å². The summed E-state index contributed by atoms with van der Waals surface area (Å²) in [7, 11) is 1.63. The zero-order valence-electron chi connectivity index (χ0n) is 9.08. The minimum absolute atomic E-state index is 0.0187. The van der Waals surface area contributed by atoms with E-state index in [1.807, 2.05) is 6.92 Å². The fraction of sp³-hybridized carbons (Fsp3) is 0.889. The number of hydrogen-bond donors (Lipinski definition) is 1. The maximum absolute atomic E-state index is 11.7. The number of rotatable bonds is 7. The van der Waals surface area contributed by atoms with Gasteiger partial charge in [0.15, 0.2) is 0 Å². The number of likely N-dealkylation sites (N-methyl/N-ethyl adjacent to an activating group) is 1. The molecule has 6 heteroatoms. The molecule has 2 N–H and O–H groups in total. The Kier molecular flexibility index (Phi) is 7.15. The van der Waals surface area contributed by atoms with Crippen molar-refractivity contribution in [3.05, 3.63) is 0 Å². The summed E-state index contributed by atoms with van der Waals surface area (Å²) in [6.07, 6.45) is -2.38. The average molecular weight is 224 g/mol. The third-order valence-corrected chi connectivity index (χ3v) is 2.10. The first-order valence-corrected chi connectivity index (χ1v) is 4.80. The zero-order valence-corrected chi connectivity index (χ0v) is 9.08. The number of halogens is 2. The van der Waals surface area contributed by atoms with Crippen LogP contribution in [0.4, 0.5) is 8.78 Å². The predicted molar refractivity (Wildman–Crippen MR) is 52.7 cm³/mol. The second-order valence-electron chi connectivity index (χ2n) is 3.31. The number of ether oxygens (including phenoxy) is 1. The SMILES string of the molecule is CC(CN)N(C)C(=O)CCOCC(F)F. The third kappa shape index (κ3) is 6.35. The van der Waals surface area contributed by atoms with Crippen LogP contribution in [0, 0.1) is 0 Å². The van der Waals surface area contributed by atoms with Gasteiger partial charge in [-0.25, -0.2) is 8.78 Å². The van der Waals surface area contributed by atoms with Gasteiger partial charge in [0.05, 0.1) is 13.0 Å². The van der Waals surface area contributed by atoms with E-state index in [0.29, 0.717) is 6.54 Å². The minimum Gasteiger partial charge on any atom is -0.375 e. The van der Waals surface area contributed by atoms with Gasteiger partial charge < -0.3 is 15.4 Å². The highest BCUT2D eigenvalue weighted by atomic mass is 19.3. The molecule has 15 heavy (non-hydrogen) atoms. The van der Waals surface area contributed by atoms with E-state index in [1.165, 1.54) is 4.90 Å². The summed E-state index contributed by atoms with van der Waals surface area (Å²) >= 11 is 0. The van der Waals surface area contributed by atoms with Crippen molar-refractivity contribution in [2.75, 3.05) is 26.8 Å². The highest BCUT2D eigenvalue weighted by Crippen LogP contribution is 1.99. The molecule has 0 aliphatic carbocycles. The molecule has 0 spiro atoms. The molecule has 0 saturated heterocycles. The van der Waals surface area contributed by atoms with E-state index in [1.54, 1.807) is 7.05 Å². The molecule has 0 aliphatic rings. The molecule has 0 bridgehead atoms. The minimum atomic E-state index is -2.49. The molecule has 0 heterocycles. The molecular weight excluding hydrogens is 206 g/mol. The lowest BCUT2D eigenvalue weighted by Gasteiger charge is -2.23. The predicted octanol–water partition coefficient (Wildman–Crippen LogP) is 0.464. The van der Waals surface area contributed by atoms with E-state index in [4.69, 9.17) is 5.73 Å². The molecule has 0 saturated carbocycles. The van der Waals surface area contributed by atoms with Crippen LogP contribution >= 0.6 is 0 Å². The summed E-state index contributed by atoms with van der Waals surface area (Å²) < 4.78 is 27.9. The van der Waals surface area contributed by atoms with Crippen molar-refractivity contribution < 1.29 is 18.3 Å². The van der Waals surface area contributed by atoms with E-state index in [-0.39, 0.29) is 25.0 Å². The van der Waals surface area contributed by atoms with Crippen molar-refractivity contribution in [2.45, 2.75) is 25.8 Å². The van der Waals surface area contributed by atoms with Crippen LogP contribution < -0.4 is 5.73 Å². The van der Waals surface area contributed by atoms with Gasteiger partial charge in [-0.15, -0.1) is 0 Å². The quantitative estimate of drug-likeness (QED) is 0.639. The summed E-state index contributed by atoms with van der Waals surface area (Å²) in [4.78, 5) is 12.9. The smallest absolute Gasteiger partial charge is 0.261 e. The second kappa shape index (κ2) is 7.53. The molecule has 1 atom stereocenters. The molecule has 0 aromatic carbocycles. The number of nitrogens with two attached hydrogens (primary N) is 1. The van der Waals surface area contributed by atoms with Crippen molar-refractivity contribution in [3.63, 3.8) is 0 Å². The van der Waals surface area contributed by atoms with Crippen LogP contribution in [0.1, 0.15) is 13.3 Å². The van der Waals surface area contributed by atoms with E-state index < -0.39 is 13.0 Å². The van der Waals surface area contributed by atoms with Crippen LogP contribution in [-0.2, 0) is 9.53 Å². The van der Waals surface area contributed by atoms with Crippen LogP contribution in [0.3, 0.4) is 0 Å². The number of amides is 1. The monoisotopic (exact) mass is 224 g/mol. The average Bonchev–Trinajstić information content (AvgIpc) is 2.21. The first kappa shape index (κ1) is 14.2. The van der Waals surface area contributed by atoms with Gasteiger partial charge in [0.2, 0.25) is 5.91 Å². The zero-order chi connectivity index (χ0) is 11.8. The number of nitrogens with zero attached hydrogens (tertiary/aromatic N) is 1. The summed E-state index contributed by atoms with van der Waals surface area (Å²) in [6.45, 7) is 1.59. The maximum atomic E-state index is 11.7. The number of carbonyl (C=O) groups excluding carboxylic acids is 1. The summed E-state index contributed by atoms with van der Waals surface area (Å²) in [5.74, 6) is -0.151. The lowest BCUT2D eigenvalue weighted by Crippen LogP contribution is -2.40. The van der Waals surface area contributed by atoms with Gasteiger partial charge in [-0.1, -0.05) is 0 Å². The van der Waals surface area contributed by atoms with Gasteiger partial charge in [-0.3, -0.25) is 4.79 Å². The molecule has 0 rings (SSSR count). The molecule has 0 aromatic rings. The van der Waals surface area contributed by atoms with Crippen molar-refractivity contribution in [2.24, 2.45) is 5.73 Å². The number of hydrogen-bond acceptors (Lipinski definition) is 3. The molecule has 1 amide bonds. The van der Waals surface area contributed by atoms with Crippen LogP contribution in [0.25, 0.3) is 0 Å². The fourth-order valence-electron chi connectivity index (χ4n) is 0.912. The van der Waals surface area contributed by atoms with E-state index >= 15 is 0 Å². The standard InChI is InChI=1S/C9H18F2N2O2/c1-7(5-12)13(2)9(14)3-4-15-6-8(10)11/h7-8H,3-6,12H2,1-2H3. The Hall–Kier alpha value is -0.750. The number of carbonyl (C=O) groups is 1. The Balaban J connectivity index is 3.65. The van der Waals surface area contributed by atoms with Crippen molar-refractivity contribution in [3.8, 4) is 0 Å². The van der Waals surface area contributed by atoms with Crippen LogP contribution in [-0.4, -0.2) is 50.1 Å². The van der Waals surface area contributed by atoms with Gasteiger partial charge in [0.1, 0.15) is 6.61 Å². The fourth-order valence-corrected chi connectivity index (χ4v) is 0.912. The summed E-state index contributed by atoms with van der Waals surface area (Å²) in [5, 5.41) is 0. The molecule has 0 aromatic heterocycles. The highest BCUT2D eigenvalue weighted by Gasteiger charge is 2.14. The maximum Gasteiger partial charge on any atom is 0.261 e. The Labute approximate surface area is 88.4 Å². The molecule has 0 fully saturated rings. The van der Waals surface area contributed by atoms with Gasteiger partial charge in [-0.2, -0.15) is 0 Å². The van der Waals surface area contributed by atoms with Gasteiger partial charge in [0, 0.05) is 19.6 Å². The first-order chi connectivity index (χ1) is 6.99. The lowest BCUT2D eigenvalue weighted by molar-refractivity contribution is -0.133. The van der Waals surface area contributed by atoms with E-state index in [9.17, 15) is 13.6 Å². The molecule has 0 radical (unpaired) electrons. The first-order valence-electron chi connectivity index (χ1n) is 4.80. The molecule has 1 unspecified atom stereocenters. The topological polar surface area (TPSA) is 55.6 Å². The Morgan fingerprint density at radius 3 is 2.60 bits per heavy atom. The molecule has 90 valence electrons. The Morgan fingerprint density at radius 2 is 2.13 bits per heavy atom. The van der Waals surface area contributed by atoms with Gasteiger partial charge in [0.25, 0.3) is 6.43 Å². The van der Waals surface area contributed by atoms with Crippen LogP contribution in [0.2, 0.25) is 0 Å². The molecule has 0 aliphatic heterocycles. The lowest BCUT2D eigenvalue weighted by atomic mass is 10.3. The van der Waals surface area contributed by atoms with Gasteiger partial charge in [-0.05, 0) is 6.92 Å². The Bertz CT molecular complexity index is 191. The summed E-state index contributed by atoms with van der Waals surface area (Å²) in [6, 6.07) is -0.0485. The normalized spacial score (nSPS) is 12.9. The van der Waals surface area contributed by atoms with Crippen molar-refractivity contribution in [1.82, 2.24) is 4.90 Å².